The van der Waals surface area contributed by atoms with E-state index >= 15 is 0 Å². The Morgan fingerprint density at radius 2 is 2.46 bits per heavy atom. The van der Waals surface area contributed by atoms with Crippen LogP contribution in [0.5, 0.6) is 5.88 Å². The van der Waals surface area contributed by atoms with Gasteiger partial charge in [-0.3, -0.25) is 0 Å². The number of hydrogen-bond acceptors (Lipinski definition) is 3. The van der Waals surface area contributed by atoms with Gasteiger partial charge in [0.05, 0.1) is 11.6 Å². The molecule has 13 heavy (non-hydrogen) atoms. The Hall–Kier alpha value is -1.82. The zero-order valence-electron chi connectivity index (χ0n) is 7.45. The van der Waals surface area contributed by atoms with Crippen molar-refractivity contribution in [3.63, 3.8) is 0 Å². The van der Waals surface area contributed by atoms with Crippen molar-refractivity contribution < 1.29 is 4.74 Å². The number of hydrogen-bond donors (Lipinski definition) is 0. The molecule has 0 aliphatic rings. The molecule has 0 atom stereocenters. The maximum Gasteiger partial charge on any atom is 0.215 e. The van der Waals surface area contributed by atoms with Crippen molar-refractivity contribution in [3.05, 3.63) is 36.0 Å². The minimum Gasteiger partial charge on any atom is -0.473 e. The fourth-order valence-corrected chi connectivity index (χ4v) is 0.921. The maximum absolute atomic E-state index is 8.66. The highest BCUT2D eigenvalue weighted by Crippen LogP contribution is 2.11. The van der Waals surface area contributed by atoms with Crippen molar-refractivity contribution in [2.24, 2.45) is 0 Å². The maximum atomic E-state index is 8.66. The molecule has 66 valence electrons. The lowest BCUT2D eigenvalue weighted by Crippen LogP contribution is -1.97. The second-order valence-corrected chi connectivity index (χ2v) is 2.55. The minimum atomic E-state index is 0.404. The van der Waals surface area contributed by atoms with E-state index in [4.69, 9.17) is 10.00 Å². The lowest BCUT2D eigenvalue weighted by atomic mass is 10.2. The molecular formula is C10H10N2O. The van der Waals surface area contributed by atoms with Crippen LogP contribution in [-0.4, -0.2) is 11.6 Å². The van der Waals surface area contributed by atoms with Crippen LogP contribution in [-0.2, 0) is 0 Å². The molecule has 0 saturated carbocycles. The number of aryl methyl sites for hydroxylation is 1. The Balaban J connectivity index is 2.89. The van der Waals surface area contributed by atoms with Crippen molar-refractivity contribution >= 4 is 0 Å². The third-order valence-corrected chi connectivity index (χ3v) is 1.41. The molecule has 1 rings (SSSR count). The van der Waals surface area contributed by atoms with Gasteiger partial charge in [0, 0.05) is 11.8 Å². The van der Waals surface area contributed by atoms with Crippen molar-refractivity contribution in [2.45, 2.75) is 6.92 Å². The molecule has 1 heterocycles. The van der Waals surface area contributed by atoms with Crippen LogP contribution < -0.4 is 4.74 Å². The molecule has 0 N–H and O–H groups in total. The van der Waals surface area contributed by atoms with Gasteiger partial charge < -0.3 is 4.74 Å². The Morgan fingerprint density at radius 1 is 1.69 bits per heavy atom. The molecule has 0 aromatic carbocycles. The number of pyridine rings is 1. The van der Waals surface area contributed by atoms with E-state index in [9.17, 15) is 0 Å². The number of rotatable bonds is 3. The Bertz CT molecular complexity index is 352. The number of ether oxygens (including phenoxy) is 1. The van der Waals surface area contributed by atoms with Gasteiger partial charge in [-0.05, 0) is 13.0 Å². The highest BCUT2D eigenvalue weighted by Gasteiger charge is 1.99. The Morgan fingerprint density at radius 3 is 3.08 bits per heavy atom. The lowest BCUT2D eigenvalue weighted by Gasteiger charge is -2.02. The summed E-state index contributed by atoms with van der Waals surface area (Å²) in [6.45, 7) is 5.75. The number of nitrogens with zero attached hydrogens (tertiary/aromatic N) is 2. The second kappa shape index (κ2) is 4.27. The van der Waals surface area contributed by atoms with Gasteiger partial charge >= 0.3 is 0 Å². The monoisotopic (exact) mass is 174 g/mol. The van der Waals surface area contributed by atoms with E-state index in [1.54, 1.807) is 18.2 Å². The fraction of sp³-hybridized carbons (Fsp3) is 0.200. The summed E-state index contributed by atoms with van der Waals surface area (Å²) in [5.41, 5.74) is 1.34. The summed E-state index contributed by atoms with van der Waals surface area (Å²) < 4.78 is 5.20. The molecule has 1 aromatic rings. The van der Waals surface area contributed by atoms with Gasteiger partial charge in [-0.2, -0.15) is 5.26 Å². The molecule has 0 radical (unpaired) electrons. The molecular weight excluding hydrogens is 164 g/mol. The highest BCUT2D eigenvalue weighted by atomic mass is 16.5. The molecule has 1 aromatic heterocycles. The van der Waals surface area contributed by atoms with Gasteiger partial charge in [0.1, 0.15) is 6.61 Å². The summed E-state index contributed by atoms with van der Waals surface area (Å²) in [5.74, 6) is 0.469. The molecule has 0 bridgehead atoms. The smallest absolute Gasteiger partial charge is 0.215 e. The van der Waals surface area contributed by atoms with Gasteiger partial charge in [0.15, 0.2) is 0 Å². The van der Waals surface area contributed by atoms with Gasteiger partial charge in [-0.1, -0.05) is 12.7 Å². The molecule has 0 saturated heterocycles. The normalized spacial score (nSPS) is 8.92. The van der Waals surface area contributed by atoms with Crippen molar-refractivity contribution in [1.29, 1.82) is 5.26 Å². The number of aromatic nitrogens is 1. The molecule has 0 fully saturated rings. The zero-order chi connectivity index (χ0) is 9.68. The van der Waals surface area contributed by atoms with E-state index in [0.717, 1.165) is 5.69 Å². The molecule has 0 aliphatic heterocycles. The minimum absolute atomic E-state index is 0.404. The standard InChI is InChI=1S/C10H10N2O/c1-3-4-13-10-6-9(7-11)5-8(2)12-10/h3,5-6H,1,4H2,2H3. The molecule has 0 unspecified atom stereocenters. The van der Waals surface area contributed by atoms with E-state index < -0.39 is 0 Å². The Labute approximate surface area is 77.3 Å². The quantitative estimate of drug-likeness (QED) is 0.656. The second-order valence-electron chi connectivity index (χ2n) is 2.55. The van der Waals surface area contributed by atoms with Crippen LogP contribution >= 0.6 is 0 Å². The highest BCUT2D eigenvalue weighted by molar-refractivity contribution is 5.34. The van der Waals surface area contributed by atoms with E-state index in [1.165, 1.54) is 0 Å². The first-order valence-corrected chi connectivity index (χ1v) is 3.88. The van der Waals surface area contributed by atoms with E-state index in [2.05, 4.69) is 11.6 Å². The third kappa shape index (κ3) is 2.60. The SMILES string of the molecule is C=CCOc1cc(C#N)cc(C)n1. The summed E-state index contributed by atoms with van der Waals surface area (Å²) in [4.78, 5) is 4.10. The van der Waals surface area contributed by atoms with Crippen LogP contribution in [0.25, 0.3) is 0 Å². The fourth-order valence-electron chi connectivity index (χ4n) is 0.921. The van der Waals surface area contributed by atoms with Crippen LogP contribution in [0.15, 0.2) is 24.8 Å². The Kier molecular flexibility index (Phi) is 3.04. The first-order chi connectivity index (χ1) is 6.26. The van der Waals surface area contributed by atoms with E-state index in [-0.39, 0.29) is 0 Å². The molecule has 0 aliphatic carbocycles. The van der Waals surface area contributed by atoms with Crippen LogP contribution in [0.4, 0.5) is 0 Å². The van der Waals surface area contributed by atoms with E-state index in [0.29, 0.717) is 18.1 Å². The largest absolute Gasteiger partial charge is 0.473 e. The average Bonchev–Trinajstić information content (AvgIpc) is 2.14. The summed E-state index contributed by atoms with van der Waals surface area (Å²) in [7, 11) is 0. The molecule has 0 spiro atoms. The average molecular weight is 174 g/mol. The van der Waals surface area contributed by atoms with Crippen LogP contribution in [0.1, 0.15) is 11.3 Å². The van der Waals surface area contributed by atoms with Gasteiger partial charge in [0.2, 0.25) is 5.88 Å². The summed E-state index contributed by atoms with van der Waals surface area (Å²) in [6.07, 6.45) is 1.63. The van der Waals surface area contributed by atoms with Crippen molar-refractivity contribution in [1.82, 2.24) is 4.98 Å². The summed E-state index contributed by atoms with van der Waals surface area (Å²) >= 11 is 0. The predicted molar refractivity (Wildman–Crippen MR) is 49.4 cm³/mol. The predicted octanol–water partition coefficient (Wildman–Crippen LogP) is 1.83. The van der Waals surface area contributed by atoms with Crippen LogP contribution in [0.2, 0.25) is 0 Å². The van der Waals surface area contributed by atoms with Gasteiger partial charge in [-0.15, -0.1) is 0 Å². The molecule has 3 heteroatoms. The van der Waals surface area contributed by atoms with Gasteiger partial charge in [0.25, 0.3) is 0 Å². The molecule has 3 nitrogen and oxygen atoms in total. The van der Waals surface area contributed by atoms with Gasteiger partial charge in [-0.25, -0.2) is 4.98 Å². The summed E-state index contributed by atoms with van der Waals surface area (Å²) in [6, 6.07) is 5.36. The first kappa shape index (κ1) is 9.27. The van der Waals surface area contributed by atoms with Crippen molar-refractivity contribution in [3.8, 4) is 11.9 Å². The van der Waals surface area contributed by atoms with Crippen LogP contribution in [0.3, 0.4) is 0 Å². The third-order valence-electron chi connectivity index (χ3n) is 1.41. The first-order valence-electron chi connectivity index (χ1n) is 3.88. The van der Waals surface area contributed by atoms with E-state index in [1.807, 2.05) is 13.0 Å². The molecule has 0 amide bonds. The zero-order valence-corrected chi connectivity index (χ0v) is 7.45. The summed E-state index contributed by atoms with van der Waals surface area (Å²) in [5, 5.41) is 8.66. The van der Waals surface area contributed by atoms with Crippen molar-refractivity contribution in [2.75, 3.05) is 6.61 Å². The lowest BCUT2D eigenvalue weighted by molar-refractivity contribution is 0.348. The number of nitriles is 1. The van der Waals surface area contributed by atoms with Crippen LogP contribution in [0, 0.1) is 18.3 Å². The topological polar surface area (TPSA) is 45.9 Å².